The molecule has 2 saturated heterocycles. The molecule has 0 radical (unpaired) electrons. The number of amides is 1. The van der Waals surface area contributed by atoms with E-state index in [0.29, 0.717) is 6.61 Å². The maximum Gasteiger partial charge on any atom is 0.410 e. The molecule has 6 nitrogen and oxygen atoms in total. The van der Waals surface area contributed by atoms with Gasteiger partial charge in [-0.15, -0.1) is 0 Å². The highest BCUT2D eigenvalue weighted by atomic mass is 16.6. The van der Waals surface area contributed by atoms with Gasteiger partial charge in [-0.3, -0.25) is 9.69 Å². The van der Waals surface area contributed by atoms with Crippen LogP contribution in [-0.2, 0) is 14.3 Å². The molecule has 2 rings (SSSR count). The van der Waals surface area contributed by atoms with Crippen molar-refractivity contribution in [2.24, 2.45) is 0 Å². The van der Waals surface area contributed by atoms with Gasteiger partial charge in [0.25, 0.3) is 0 Å². The molecule has 6 heteroatoms. The van der Waals surface area contributed by atoms with Crippen LogP contribution in [0.1, 0.15) is 47.0 Å². The van der Waals surface area contributed by atoms with E-state index in [0.717, 1.165) is 25.8 Å². The third kappa shape index (κ3) is 4.09. The van der Waals surface area contributed by atoms with Gasteiger partial charge >= 0.3 is 12.1 Å². The lowest BCUT2D eigenvalue weighted by Gasteiger charge is -2.41. The van der Waals surface area contributed by atoms with E-state index >= 15 is 0 Å². The van der Waals surface area contributed by atoms with Crippen LogP contribution in [0.25, 0.3) is 0 Å². The maximum absolute atomic E-state index is 12.4. The molecule has 1 amide bonds. The molecule has 2 aliphatic heterocycles. The van der Waals surface area contributed by atoms with Crippen molar-refractivity contribution in [3.05, 3.63) is 0 Å². The average Bonchev–Trinajstić information content (AvgIpc) is 2.65. The van der Waals surface area contributed by atoms with Crippen LogP contribution in [0.3, 0.4) is 0 Å². The summed E-state index contributed by atoms with van der Waals surface area (Å²) in [6.45, 7) is 8.22. The summed E-state index contributed by atoms with van der Waals surface area (Å²) >= 11 is 0. The van der Waals surface area contributed by atoms with Crippen molar-refractivity contribution in [3.63, 3.8) is 0 Å². The number of nitrogens with one attached hydrogen (secondary N) is 1. The fraction of sp³-hybridized carbons (Fsp3) is 0.867. The molecule has 2 aliphatic rings. The van der Waals surface area contributed by atoms with Gasteiger partial charge in [-0.05, 0) is 40.0 Å². The molecule has 0 aromatic heterocycles. The van der Waals surface area contributed by atoms with Gasteiger partial charge in [0.15, 0.2) is 0 Å². The first-order chi connectivity index (χ1) is 9.78. The van der Waals surface area contributed by atoms with E-state index < -0.39 is 5.60 Å². The summed E-state index contributed by atoms with van der Waals surface area (Å²) in [5.74, 6) is -0.265. The molecule has 2 heterocycles. The molecule has 3 atom stereocenters. The summed E-state index contributed by atoms with van der Waals surface area (Å²) in [6, 6.07) is 0.514. The summed E-state index contributed by atoms with van der Waals surface area (Å²) in [5.41, 5.74) is -0.478. The van der Waals surface area contributed by atoms with Crippen molar-refractivity contribution in [2.45, 2.75) is 70.7 Å². The number of carbonyl (C=O) groups excluding carboxylic acids is 2. The third-order valence-electron chi connectivity index (χ3n) is 3.96. The molecule has 0 aliphatic carbocycles. The number of carbonyl (C=O) groups is 2. The van der Waals surface area contributed by atoms with Crippen molar-refractivity contribution in [2.75, 3.05) is 13.2 Å². The predicted molar refractivity (Wildman–Crippen MR) is 77.9 cm³/mol. The Morgan fingerprint density at radius 3 is 2.62 bits per heavy atom. The van der Waals surface area contributed by atoms with Crippen molar-refractivity contribution >= 4 is 12.1 Å². The van der Waals surface area contributed by atoms with Crippen LogP contribution in [0.5, 0.6) is 0 Å². The molecule has 0 saturated carbocycles. The minimum Gasteiger partial charge on any atom is -0.466 e. The van der Waals surface area contributed by atoms with Crippen LogP contribution in [0.15, 0.2) is 0 Å². The summed E-state index contributed by atoms with van der Waals surface area (Å²) in [6.07, 6.45) is 2.47. The minimum absolute atomic E-state index is 0.133. The fourth-order valence-electron chi connectivity index (χ4n) is 3.15. The Morgan fingerprint density at radius 2 is 2.00 bits per heavy atom. The van der Waals surface area contributed by atoms with E-state index in [1.54, 1.807) is 0 Å². The normalized spacial score (nSPS) is 28.4. The Bertz CT molecular complexity index is 405. The van der Waals surface area contributed by atoms with E-state index in [1.807, 2.05) is 25.7 Å². The van der Waals surface area contributed by atoms with E-state index in [2.05, 4.69) is 5.32 Å². The van der Waals surface area contributed by atoms with Gasteiger partial charge in [0, 0.05) is 25.6 Å². The van der Waals surface area contributed by atoms with E-state index in [1.165, 1.54) is 6.92 Å². The van der Waals surface area contributed by atoms with Crippen molar-refractivity contribution in [3.8, 4) is 0 Å². The molecule has 2 bridgehead atoms. The fourth-order valence-corrected chi connectivity index (χ4v) is 3.15. The summed E-state index contributed by atoms with van der Waals surface area (Å²) < 4.78 is 10.5. The minimum atomic E-state index is -0.478. The first kappa shape index (κ1) is 16.1. The zero-order valence-corrected chi connectivity index (χ0v) is 13.3. The molecule has 0 aromatic rings. The molecule has 0 spiro atoms. The van der Waals surface area contributed by atoms with E-state index in [4.69, 9.17) is 9.47 Å². The van der Waals surface area contributed by atoms with Gasteiger partial charge in [0.1, 0.15) is 5.60 Å². The summed E-state index contributed by atoms with van der Waals surface area (Å²) in [5, 5.41) is 3.46. The Hall–Kier alpha value is -1.30. The Morgan fingerprint density at radius 1 is 1.29 bits per heavy atom. The molecule has 21 heavy (non-hydrogen) atoms. The molecule has 0 unspecified atom stereocenters. The van der Waals surface area contributed by atoms with Gasteiger partial charge < -0.3 is 14.8 Å². The number of hydrogen-bond donors (Lipinski definition) is 1. The zero-order valence-electron chi connectivity index (χ0n) is 13.3. The van der Waals surface area contributed by atoms with Crippen molar-refractivity contribution in [1.29, 1.82) is 0 Å². The quantitative estimate of drug-likeness (QED) is 0.803. The van der Waals surface area contributed by atoms with Crippen LogP contribution in [0.4, 0.5) is 4.79 Å². The average molecular weight is 298 g/mol. The van der Waals surface area contributed by atoms with E-state index in [-0.39, 0.29) is 30.2 Å². The predicted octanol–water partition coefficient (Wildman–Crippen LogP) is 1.68. The molecule has 2 fully saturated rings. The lowest BCUT2D eigenvalue weighted by Crippen LogP contribution is -2.60. The lowest BCUT2D eigenvalue weighted by atomic mass is 10.0. The van der Waals surface area contributed by atoms with Crippen LogP contribution in [0, 0.1) is 0 Å². The highest BCUT2D eigenvalue weighted by Gasteiger charge is 2.45. The highest BCUT2D eigenvalue weighted by molar-refractivity contribution is 5.70. The topological polar surface area (TPSA) is 67.9 Å². The zero-order chi connectivity index (χ0) is 15.6. The van der Waals surface area contributed by atoms with Gasteiger partial charge in [-0.2, -0.15) is 0 Å². The van der Waals surface area contributed by atoms with Gasteiger partial charge in [-0.25, -0.2) is 4.79 Å². The van der Waals surface area contributed by atoms with Crippen LogP contribution in [-0.4, -0.2) is 53.8 Å². The first-order valence-corrected chi connectivity index (χ1v) is 7.66. The monoisotopic (exact) mass is 298 g/mol. The smallest absolute Gasteiger partial charge is 0.410 e. The Labute approximate surface area is 126 Å². The summed E-state index contributed by atoms with van der Waals surface area (Å²) in [4.78, 5) is 25.1. The number of nitrogens with zero attached hydrogens (tertiary/aromatic N) is 1. The van der Waals surface area contributed by atoms with Crippen LogP contribution in [0.2, 0.25) is 0 Å². The second kappa shape index (κ2) is 6.22. The Balaban J connectivity index is 1.96. The largest absolute Gasteiger partial charge is 0.466 e. The molecule has 0 aromatic carbocycles. The number of fused-ring (bicyclic) bond motifs is 2. The first-order valence-electron chi connectivity index (χ1n) is 7.66. The van der Waals surface area contributed by atoms with E-state index in [9.17, 15) is 9.59 Å². The molecule has 120 valence electrons. The van der Waals surface area contributed by atoms with Crippen molar-refractivity contribution in [1.82, 2.24) is 10.2 Å². The third-order valence-corrected chi connectivity index (χ3v) is 3.96. The van der Waals surface area contributed by atoms with Gasteiger partial charge in [0.2, 0.25) is 0 Å². The Kier molecular flexibility index (Phi) is 4.76. The summed E-state index contributed by atoms with van der Waals surface area (Å²) in [7, 11) is 0. The maximum atomic E-state index is 12.4. The lowest BCUT2D eigenvalue weighted by molar-refractivity contribution is -0.141. The van der Waals surface area contributed by atoms with Crippen LogP contribution >= 0.6 is 0 Å². The second-order valence-corrected chi connectivity index (χ2v) is 6.83. The number of rotatable bonds is 3. The molecular weight excluding hydrogens is 272 g/mol. The second-order valence-electron chi connectivity index (χ2n) is 6.83. The number of esters is 1. The standard InChI is InChI=1S/C15H26N2O4/c1-10(18)20-8-7-12-13-6-5-11(9-16-12)17(13)14(19)21-15(2,3)4/h11-13,16H,5-9H2,1-4H3/t11-,12-,13+/m1/s1. The number of hydrogen-bond acceptors (Lipinski definition) is 5. The number of piperazine rings is 1. The molecular formula is C15H26N2O4. The van der Waals surface area contributed by atoms with Gasteiger partial charge in [-0.1, -0.05) is 0 Å². The SMILES string of the molecule is CC(=O)OCC[C@H]1NC[C@H]2CC[C@@H]1N2C(=O)OC(C)(C)C. The van der Waals surface area contributed by atoms with Gasteiger partial charge in [0.05, 0.1) is 12.6 Å². The van der Waals surface area contributed by atoms with Crippen LogP contribution < -0.4 is 5.32 Å². The van der Waals surface area contributed by atoms with Crippen molar-refractivity contribution < 1.29 is 19.1 Å². The molecule has 1 N–H and O–H groups in total. The highest BCUT2D eigenvalue weighted by Crippen LogP contribution is 2.32. The number of ether oxygens (including phenoxy) is 2.